The maximum absolute atomic E-state index is 12.6. The summed E-state index contributed by atoms with van der Waals surface area (Å²) in [4.78, 5) is 25.0. The van der Waals surface area contributed by atoms with Crippen LogP contribution in [0.2, 0.25) is 0 Å². The normalized spacial score (nSPS) is 10.6. The van der Waals surface area contributed by atoms with Crippen molar-refractivity contribution < 1.29 is 9.59 Å². The van der Waals surface area contributed by atoms with Crippen LogP contribution in [0.3, 0.4) is 0 Å². The number of nitrogens with one attached hydrogen (secondary N) is 2. The molecule has 3 rings (SSSR count). The van der Waals surface area contributed by atoms with E-state index < -0.39 is 0 Å². The van der Waals surface area contributed by atoms with Crippen molar-refractivity contribution in [2.24, 2.45) is 7.05 Å². The summed E-state index contributed by atoms with van der Waals surface area (Å²) in [7, 11) is 1.68. The third-order valence-electron chi connectivity index (χ3n) is 4.14. The van der Waals surface area contributed by atoms with Gasteiger partial charge in [0, 0.05) is 32.5 Å². The molecule has 8 nitrogen and oxygen atoms in total. The molecule has 2 aromatic heterocycles. The van der Waals surface area contributed by atoms with E-state index in [9.17, 15) is 9.59 Å². The van der Waals surface area contributed by atoms with Gasteiger partial charge in [-0.25, -0.2) is 0 Å². The molecular weight excluding hydrogens is 344 g/mol. The third kappa shape index (κ3) is 4.41. The summed E-state index contributed by atoms with van der Waals surface area (Å²) in [5, 5.41) is 13.9. The van der Waals surface area contributed by atoms with Crippen LogP contribution in [0.1, 0.15) is 33.5 Å². The summed E-state index contributed by atoms with van der Waals surface area (Å²) in [6.45, 7) is 2.99. The Bertz CT molecular complexity index is 929. The van der Waals surface area contributed by atoms with Crippen LogP contribution in [0, 0.1) is 0 Å². The van der Waals surface area contributed by atoms with Gasteiger partial charge in [0.15, 0.2) is 5.69 Å². The summed E-state index contributed by atoms with van der Waals surface area (Å²) in [5.41, 5.74) is 2.11. The van der Waals surface area contributed by atoms with Gasteiger partial charge in [-0.05, 0) is 25.0 Å². The zero-order valence-electron chi connectivity index (χ0n) is 15.3. The second-order valence-corrected chi connectivity index (χ2v) is 6.03. The van der Waals surface area contributed by atoms with E-state index in [1.807, 2.05) is 37.3 Å². The zero-order valence-corrected chi connectivity index (χ0v) is 15.3. The standard InChI is InChI=1S/C19H22N6O2/c1-3-25-13-15(22-18(26)16-10-12-21-24(16)2)17(23-25)19(27)20-11-9-14-7-5-4-6-8-14/h4-8,10,12-13H,3,9,11H2,1-2H3,(H,20,27)(H,22,26). The molecule has 27 heavy (non-hydrogen) atoms. The number of aryl methyl sites for hydroxylation is 2. The van der Waals surface area contributed by atoms with Gasteiger partial charge in [-0.15, -0.1) is 0 Å². The molecule has 8 heteroatoms. The van der Waals surface area contributed by atoms with E-state index in [1.54, 1.807) is 30.2 Å². The van der Waals surface area contributed by atoms with Crippen LogP contribution in [0.4, 0.5) is 5.69 Å². The van der Waals surface area contributed by atoms with Crippen molar-refractivity contribution in [1.29, 1.82) is 0 Å². The lowest BCUT2D eigenvalue weighted by Gasteiger charge is -2.07. The van der Waals surface area contributed by atoms with Crippen LogP contribution in [0.15, 0.2) is 48.8 Å². The molecular formula is C19H22N6O2. The minimum atomic E-state index is -0.344. The molecule has 2 N–H and O–H groups in total. The minimum Gasteiger partial charge on any atom is -0.350 e. The smallest absolute Gasteiger partial charge is 0.274 e. The lowest BCUT2D eigenvalue weighted by atomic mass is 10.1. The summed E-state index contributed by atoms with van der Waals surface area (Å²) >= 11 is 0. The monoisotopic (exact) mass is 366 g/mol. The van der Waals surface area contributed by atoms with Crippen LogP contribution < -0.4 is 10.6 Å². The number of carbonyl (C=O) groups is 2. The summed E-state index contributed by atoms with van der Waals surface area (Å²) < 4.78 is 3.09. The van der Waals surface area contributed by atoms with Gasteiger partial charge in [0.2, 0.25) is 0 Å². The van der Waals surface area contributed by atoms with Crippen molar-refractivity contribution in [2.45, 2.75) is 19.9 Å². The van der Waals surface area contributed by atoms with Crippen molar-refractivity contribution in [3.05, 3.63) is 65.7 Å². The Morgan fingerprint density at radius 3 is 2.56 bits per heavy atom. The lowest BCUT2D eigenvalue weighted by Crippen LogP contribution is -2.27. The highest BCUT2D eigenvalue weighted by Crippen LogP contribution is 2.15. The molecule has 3 aromatic rings. The predicted octanol–water partition coefficient (Wildman–Crippen LogP) is 1.86. The van der Waals surface area contributed by atoms with E-state index >= 15 is 0 Å². The largest absolute Gasteiger partial charge is 0.350 e. The van der Waals surface area contributed by atoms with Crippen molar-refractivity contribution in [2.75, 3.05) is 11.9 Å². The summed E-state index contributed by atoms with van der Waals surface area (Å²) in [6.07, 6.45) is 3.92. The molecule has 0 fully saturated rings. The number of aromatic nitrogens is 4. The molecule has 0 unspecified atom stereocenters. The first kappa shape index (κ1) is 18.4. The average molecular weight is 366 g/mol. The quantitative estimate of drug-likeness (QED) is 0.667. The highest BCUT2D eigenvalue weighted by Gasteiger charge is 2.20. The third-order valence-corrected chi connectivity index (χ3v) is 4.14. The van der Waals surface area contributed by atoms with E-state index in [0.717, 1.165) is 12.0 Å². The molecule has 0 aliphatic heterocycles. The van der Waals surface area contributed by atoms with Gasteiger partial charge >= 0.3 is 0 Å². The molecule has 0 spiro atoms. The Morgan fingerprint density at radius 1 is 1.11 bits per heavy atom. The fourth-order valence-corrected chi connectivity index (χ4v) is 2.67. The highest BCUT2D eigenvalue weighted by atomic mass is 16.2. The Morgan fingerprint density at radius 2 is 1.89 bits per heavy atom. The summed E-state index contributed by atoms with van der Waals surface area (Å²) in [6, 6.07) is 11.5. The molecule has 2 heterocycles. The molecule has 1 aromatic carbocycles. The fourth-order valence-electron chi connectivity index (χ4n) is 2.67. The van der Waals surface area contributed by atoms with Crippen molar-refractivity contribution in [3.8, 4) is 0 Å². The molecule has 0 atom stereocenters. The van der Waals surface area contributed by atoms with E-state index in [-0.39, 0.29) is 17.5 Å². The fraction of sp³-hybridized carbons (Fsp3) is 0.263. The van der Waals surface area contributed by atoms with Gasteiger partial charge in [-0.1, -0.05) is 30.3 Å². The average Bonchev–Trinajstić information content (AvgIpc) is 3.28. The molecule has 0 aliphatic rings. The topological polar surface area (TPSA) is 93.8 Å². The number of hydrogen-bond donors (Lipinski definition) is 2. The van der Waals surface area contributed by atoms with Crippen LogP contribution >= 0.6 is 0 Å². The van der Waals surface area contributed by atoms with Gasteiger partial charge in [-0.3, -0.25) is 19.0 Å². The number of amides is 2. The Balaban J connectivity index is 1.68. The Labute approximate surface area is 157 Å². The van der Waals surface area contributed by atoms with Crippen molar-refractivity contribution in [3.63, 3.8) is 0 Å². The second-order valence-electron chi connectivity index (χ2n) is 6.03. The maximum atomic E-state index is 12.6. The van der Waals surface area contributed by atoms with Gasteiger partial charge in [-0.2, -0.15) is 10.2 Å². The van der Waals surface area contributed by atoms with E-state index in [2.05, 4.69) is 20.8 Å². The van der Waals surface area contributed by atoms with Crippen LogP contribution in [0.5, 0.6) is 0 Å². The maximum Gasteiger partial charge on any atom is 0.274 e. The van der Waals surface area contributed by atoms with Crippen molar-refractivity contribution >= 4 is 17.5 Å². The molecule has 0 radical (unpaired) electrons. The number of anilines is 1. The van der Waals surface area contributed by atoms with Crippen LogP contribution in [-0.4, -0.2) is 37.9 Å². The van der Waals surface area contributed by atoms with Gasteiger partial charge in [0.05, 0.1) is 5.69 Å². The molecule has 0 saturated carbocycles. The number of rotatable bonds is 7. The molecule has 0 bridgehead atoms. The predicted molar refractivity (Wildman–Crippen MR) is 102 cm³/mol. The number of nitrogens with zero attached hydrogens (tertiary/aromatic N) is 4. The highest BCUT2D eigenvalue weighted by molar-refractivity contribution is 6.07. The molecule has 0 saturated heterocycles. The minimum absolute atomic E-state index is 0.195. The summed E-state index contributed by atoms with van der Waals surface area (Å²) in [5.74, 6) is -0.664. The van der Waals surface area contributed by atoms with Gasteiger partial charge in [0.25, 0.3) is 11.8 Å². The zero-order chi connectivity index (χ0) is 19.2. The first-order valence-corrected chi connectivity index (χ1v) is 8.77. The first-order valence-electron chi connectivity index (χ1n) is 8.77. The van der Waals surface area contributed by atoms with E-state index in [1.165, 1.54) is 4.68 Å². The van der Waals surface area contributed by atoms with Crippen molar-refractivity contribution in [1.82, 2.24) is 24.9 Å². The van der Waals surface area contributed by atoms with Gasteiger partial charge < -0.3 is 10.6 Å². The first-order chi connectivity index (χ1) is 13.1. The van der Waals surface area contributed by atoms with E-state index in [0.29, 0.717) is 24.5 Å². The van der Waals surface area contributed by atoms with Crippen LogP contribution in [0.25, 0.3) is 0 Å². The van der Waals surface area contributed by atoms with E-state index in [4.69, 9.17) is 0 Å². The Hall–Kier alpha value is -3.42. The number of carbonyl (C=O) groups excluding carboxylic acids is 2. The SMILES string of the molecule is CCn1cc(NC(=O)c2ccnn2C)c(C(=O)NCCc2ccccc2)n1. The number of benzene rings is 1. The second kappa shape index (κ2) is 8.31. The van der Waals surface area contributed by atoms with Gasteiger partial charge in [0.1, 0.15) is 5.69 Å². The van der Waals surface area contributed by atoms with Crippen LogP contribution in [-0.2, 0) is 20.0 Å². The Kier molecular flexibility index (Phi) is 5.65. The molecule has 140 valence electrons. The molecule has 0 aliphatic carbocycles. The lowest BCUT2D eigenvalue weighted by molar-refractivity contribution is 0.0949. The molecule has 2 amide bonds. The number of hydrogen-bond acceptors (Lipinski definition) is 4.